The molecule has 2 rings (SSSR count). The van der Waals surface area contributed by atoms with Gasteiger partial charge in [0.25, 0.3) is 0 Å². The fourth-order valence-corrected chi connectivity index (χ4v) is 2.84. The maximum Gasteiger partial charge on any atom is 0.0981 e. The van der Waals surface area contributed by atoms with Crippen LogP contribution in [0.15, 0.2) is 23.8 Å². The summed E-state index contributed by atoms with van der Waals surface area (Å²) in [6.07, 6.45) is 12.1. The van der Waals surface area contributed by atoms with Gasteiger partial charge in [-0.25, -0.2) is 0 Å². The number of allylic oxidation sites excluding steroid dienone is 3. The zero-order valence-corrected chi connectivity index (χ0v) is 10.8. The first-order valence-corrected chi connectivity index (χ1v) is 6.63. The highest BCUT2D eigenvalue weighted by Crippen LogP contribution is 2.48. The van der Waals surface area contributed by atoms with Gasteiger partial charge in [-0.15, -0.1) is 0 Å². The lowest BCUT2D eigenvalue weighted by molar-refractivity contribution is 0.182. The van der Waals surface area contributed by atoms with E-state index in [9.17, 15) is 0 Å². The molecule has 0 aromatic heterocycles. The molecule has 2 aliphatic rings. The summed E-state index contributed by atoms with van der Waals surface area (Å²) in [5.41, 5.74) is 1.76. The van der Waals surface area contributed by atoms with Crippen LogP contribution in [-0.2, 0) is 4.74 Å². The van der Waals surface area contributed by atoms with Crippen LogP contribution in [-0.4, -0.2) is 12.2 Å². The standard InChI is InChI=1S/C15H24O/c1-12(2)7-6-8-13(3)14-9-4-5-10-15(14)11-16-15/h6-8,12,14H,4-5,9-11H2,1-3H3/b7-6+,13-8+. The average Bonchev–Trinajstić information content (AvgIpc) is 2.98. The molecule has 16 heavy (non-hydrogen) atoms. The van der Waals surface area contributed by atoms with Crippen LogP contribution in [0.5, 0.6) is 0 Å². The molecule has 0 amide bonds. The van der Waals surface area contributed by atoms with Gasteiger partial charge < -0.3 is 4.74 Å². The van der Waals surface area contributed by atoms with Gasteiger partial charge in [0, 0.05) is 5.92 Å². The zero-order chi connectivity index (χ0) is 11.6. The van der Waals surface area contributed by atoms with Crippen LogP contribution in [0.25, 0.3) is 0 Å². The van der Waals surface area contributed by atoms with E-state index in [0.717, 1.165) is 6.61 Å². The van der Waals surface area contributed by atoms with E-state index in [2.05, 4.69) is 39.0 Å². The SMILES string of the molecule is C/C(=C\C=C\C(C)C)C1CCCCC12CO2. The van der Waals surface area contributed by atoms with E-state index >= 15 is 0 Å². The molecule has 1 aliphatic heterocycles. The Labute approximate surface area is 99.6 Å². The lowest BCUT2D eigenvalue weighted by Crippen LogP contribution is -2.29. The molecule has 0 aromatic carbocycles. The topological polar surface area (TPSA) is 12.5 Å². The molecule has 1 nitrogen and oxygen atoms in total. The van der Waals surface area contributed by atoms with E-state index in [1.54, 1.807) is 0 Å². The van der Waals surface area contributed by atoms with Crippen LogP contribution >= 0.6 is 0 Å². The van der Waals surface area contributed by atoms with Crippen molar-refractivity contribution >= 4 is 0 Å². The van der Waals surface area contributed by atoms with Gasteiger partial charge in [-0.3, -0.25) is 0 Å². The van der Waals surface area contributed by atoms with Crippen molar-refractivity contribution in [2.75, 3.05) is 6.61 Å². The molecule has 1 aliphatic carbocycles. The lowest BCUT2D eigenvalue weighted by atomic mass is 9.75. The predicted octanol–water partition coefficient (Wildman–Crippen LogP) is 4.10. The summed E-state index contributed by atoms with van der Waals surface area (Å²) in [6, 6.07) is 0. The second-order valence-corrected chi connectivity index (χ2v) is 5.69. The van der Waals surface area contributed by atoms with Crippen molar-refractivity contribution in [1.82, 2.24) is 0 Å². The Bertz CT molecular complexity index is 295. The summed E-state index contributed by atoms with van der Waals surface area (Å²) in [6.45, 7) is 7.69. The second-order valence-electron chi connectivity index (χ2n) is 5.69. The van der Waals surface area contributed by atoms with Crippen LogP contribution in [0.1, 0.15) is 46.5 Å². The van der Waals surface area contributed by atoms with Crippen molar-refractivity contribution in [3.63, 3.8) is 0 Å². The molecule has 0 radical (unpaired) electrons. The van der Waals surface area contributed by atoms with Gasteiger partial charge in [0.05, 0.1) is 12.2 Å². The number of hydrogen-bond acceptors (Lipinski definition) is 1. The first kappa shape index (κ1) is 11.9. The summed E-state index contributed by atoms with van der Waals surface area (Å²) in [5, 5.41) is 0. The third-order valence-corrected chi connectivity index (χ3v) is 3.90. The van der Waals surface area contributed by atoms with Crippen LogP contribution in [0.4, 0.5) is 0 Å². The molecule has 1 saturated carbocycles. The Kier molecular flexibility index (Phi) is 3.53. The van der Waals surface area contributed by atoms with Crippen LogP contribution in [0, 0.1) is 11.8 Å². The van der Waals surface area contributed by atoms with Gasteiger partial charge in [-0.2, -0.15) is 0 Å². The van der Waals surface area contributed by atoms with Gasteiger partial charge in [-0.1, -0.05) is 50.5 Å². The molecule has 0 bridgehead atoms. The first-order chi connectivity index (χ1) is 7.64. The Morgan fingerprint density at radius 2 is 2.12 bits per heavy atom. The number of hydrogen-bond donors (Lipinski definition) is 0. The van der Waals surface area contributed by atoms with Crippen LogP contribution in [0.3, 0.4) is 0 Å². The van der Waals surface area contributed by atoms with Crippen molar-refractivity contribution in [2.24, 2.45) is 11.8 Å². The average molecular weight is 220 g/mol. The van der Waals surface area contributed by atoms with Crippen molar-refractivity contribution in [2.45, 2.75) is 52.1 Å². The zero-order valence-electron chi connectivity index (χ0n) is 10.8. The maximum atomic E-state index is 5.73. The van der Waals surface area contributed by atoms with Crippen molar-refractivity contribution in [3.8, 4) is 0 Å². The lowest BCUT2D eigenvalue weighted by Gasteiger charge is -2.29. The van der Waals surface area contributed by atoms with E-state index in [1.165, 1.54) is 31.3 Å². The number of epoxide rings is 1. The van der Waals surface area contributed by atoms with E-state index in [4.69, 9.17) is 4.74 Å². The summed E-state index contributed by atoms with van der Waals surface area (Å²) in [4.78, 5) is 0. The van der Waals surface area contributed by atoms with Gasteiger partial charge in [0.2, 0.25) is 0 Å². The first-order valence-electron chi connectivity index (χ1n) is 6.63. The van der Waals surface area contributed by atoms with E-state index in [0.29, 0.717) is 11.8 Å². The maximum absolute atomic E-state index is 5.73. The molecule has 90 valence electrons. The number of ether oxygens (including phenoxy) is 1. The van der Waals surface area contributed by atoms with Gasteiger partial charge >= 0.3 is 0 Å². The summed E-state index contributed by atoms with van der Waals surface area (Å²) < 4.78 is 5.73. The summed E-state index contributed by atoms with van der Waals surface area (Å²) >= 11 is 0. The van der Waals surface area contributed by atoms with Crippen molar-refractivity contribution < 1.29 is 4.74 Å². The van der Waals surface area contributed by atoms with Gasteiger partial charge in [-0.05, 0) is 25.7 Å². The fraction of sp³-hybridized carbons (Fsp3) is 0.733. The molecule has 0 N–H and O–H groups in total. The Hall–Kier alpha value is -0.560. The molecule has 1 heteroatoms. The third-order valence-electron chi connectivity index (χ3n) is 3.90. The predicted molar refractivity (Wildman–Crippen MR) is 68.4 cm³/mol. The number of rotatable bonds is 3. The van der Waals surface area contributed by atoms with Crippen molar-refractivity contribution in [3.05, 3.63) is 23.8 Å². The van der Waals surface area contributed by atoms with Gasteiger partial charge in [0.15, 0.2) is 0 Å². The smallest absolute Gasteiger partial charge is 0.0981 e. The van der Waals surface area contributed by atoms with E-state index in [-0.39, 0.29) is 5.60 Å². The Balaban J connectivity index is 2.00. The minimum absolute atomic E-state index is 0.254. The highest BCUT2D eigenvalue weighted by molar-refractivity contribution is 5.20. The molecular weight excluding hydrogens is 196 g/mol. The normalized spacial score (nSPS) is 35.2. The monoisotopic (exact) mass is 220 g/mol. The quantitative estimate of drug-likeness (QED) is 0.515. The fourth-order valence-electron chi connectivity index (χ4n) is 2.84. The molecule has 2 atom stereocenters. The highest BCUT2D eigenvalue weighted by atomic mass is 16.6. The molecule has 1 heterocycles. The molecule has 2 fully saturated rings. The molecule has 2 unspecified atom stereocenters. The minimum atomic E-state index is 0.254. The minimum Gasteiger partial charge on any atom is -0.369 e. The van der Waals surface area contributed by atoms with Crippen molar-refractivity contribution in [1.29, 1.82) is 0 Å². The largest absolute Gasteiger partial charge is 0.369 e. The molecule has 1 spiro atoms. The van der Waals surface area contributed by atoms with Crippen LogP contribution in [0.2, 0.25) is 0 Å². The second kappa shape index (κ2) is 4.75. The van der Waals surface area contributed by atoms with Crippen LogP contribution < -0.4 is 0 Å². The van der Waals surface area contributed by atoms with E-state index in [1.807, 2.05) is 0 Å². The summed E-state index contributed by atoms with van der Waals surface area (Å²) in [5.74, 6) is 1.32. The van der Waals surface area contributed by atoms with E-state index < -0.39 is 0 Å². The Morgan fingerprint density at radius 1 is 1.38 bits per heavy atom. The highest BCUT2D eigenvalue weighted by Gasteiger charge is 2.52. The Morgan fingerprint density at radius 3 is 2.75 bits per heavy atom. The van der Waals surface area contributed by atoms with Gasteiger partial charge in [0.1, 0.15) is 0 Å². The third kappa shape index (κ3) is 2.57. The molecular formula is C15H24O. The molecule has 1 saturated heterocycles. The summed E-state index contributed by atoms with van der Waals surface area (Å²) in [7, 11) is 0. The molecule has 0 aromatic rings.